The molecule has 0 unspecified atom stereocenters. The largest absolute Gasteiger partial charge is 0.481 e. The van der Waals surface area contributed by atoms with Crippen LogP contribution in [0.25, 0.3) is 0 Å². The Hall–Kier alpha value is -1.26. The fourth-order valence-corrected chi connectivity index (χ4v) is 3.02. The number of amides is 1. The van der Waals surface area contributed by atoms with Gasteiger partial charge in [-0.1, -0.05) is 19.3 Å². The van der Waals surface area contributed by atoms with Crippen molar-refractivity contribution in [2.45, 2.75) is 50.5 Å². The Morgan fingerprint density at radius 3 is 2.59 bits per heavy atom. The van der Waals surface area contributed by atoms with Crippen LogP contribution >= 0.6 is 0 Å². The van der Waals surface area contributed by atoms with Gasteiger partial charge in [0, 0.05) is 6.54 Å². The normalized spacial score (nSPS) is 24.2. The van der Waals surface area contributed by atoms with Gasteiger partial charge in [0.1, 0.15) is 0 Å². The second-order valence-corrected chi connectivity index (χ2v) is 4.98. The van der Waals surface area contributed by atoms with E-state index in [1.165, 1.54) is 0 Å². The van der Waals surface area contributed by atoms with Gasteiger partial charge in [0.05, 0.1) is 18.6 Å². The molecule has 0 aromatic carbocycles. The highest BCUT2D eigenvalue weighted by atomic mass is 16.6. The quantitative estimate of drug-likeness (QED) is 0.820. The molecule has 96 valence electrons. The van der Waals surface area contributed by atoms with E-state index in [4.69, 9.17) is 9.84 Å². The minimum absolute atomic E-state index is 0.0437. The van der Waals surface area contributed by atoms with Gasteiger partial charge in [-0.05, 0) is 19.3 Å². The Morgan fingerprint density at radius 2 is 2.00 bits per heavy atom. The summed E-state index contributed by atoms with van der Waals surface area (Å²) in [4.78, 5) is 24.5. The lowest BCUT2D eigenvalue weighted by molar-refractivity contribution is -0.141. The summed E-state index contributed by atoms with van der Waals surface area (Å²) in [6.45, 7) is 1.09. The van der Waals surface area contributed by atoms with Crippen molar-refractivity contribution in [1.82, 2.24) is 4.90 Å². The van der Waals surface area contributed by atoms with Crippen molar-refractivity contribution in [3.63, 3.8) is 0 Å². The lowest BCUT2D eigenvalue weighted by Crippen LogP contribution is -2.56. The van der Waals surface area contributed by atoms with E-state index in [2.05, 4.69) is 0 Å². The molecular formula is C12H19NO4. The number of cyclic esters (lactones) is 1. The van der Waals surface area contributed by atoms with Crippen LogP contribution in [0.4, 0.5) is 4.79 Å². The molecule has 5 nitrogen and oxygen atoms in total. The molecule has 0 radical (unpaired) electrons. The van der Waals surface area contributed by atoms with Gasteiger partial charge < -0.3 is 14.7 Å². The van der Waals surface area contributed by atoms with Crippen molar-refractivity contribution in [2.24, 2.45) is 0 Å². The Bertz CT molecular complexity index is 310. The van der Waals surface area contributed by atoms with Crippen LogP contribution in [0, 0.1) is 0 Å². The van der Waals surface area contributed by atoms with Gasteiger partial charge >= 0.3 is 12.1 Å². The second kappa shape index (κ2) is 4.94. The van der Waals surface area contributed by atoms with Crippen molar-refractivity contribution in [2.75, 3.05) is 13.2 Å². The number of aliphatic carboxylic acids is 1. The molecule has 0 aromatic heterocycles. The number of rotatable bonds is 3. The van der Waals surface area contributed by atoms with E-state index in [1.54, 1.807) is 4.90 Å². The molecule has 1 saturated carbocycles. The highest BCUT2D eigenvalue weighted by Crippen LogP contribution is 2.37. The Morgan fingerprint density at radius 1 is 1.29 bits per heavy atom. The zero-order chi connectivity index (χ0) is 12.3. The first-order chi connectivity index (χ1) is 8.14. The van der Waals surface area contributed by atoms with Crippen molar-refractivity contribution in [3.05, 3.63) is 0 Å². The molecule has 0 aromatic rings. The van der Waals surface area contributed by atoms with Gasteiger partial charge in [-0.2, -0.15) is 0 Å². The van der Waals surface area contributed by atoms with E-state index in [9.17, 15) is 9.59 Å². The third-order valence-corrected chi connectivity index (χ3v) is 3.81. The zero-order valence-electron chi connectivity index (χ0n) is 9.98. The van der Waals surface area contributed by atoms with Crippen LogP contribution in [-0.4, -0.2) is 40.8 Å². The second-order valence-electron chi connectivity index (χ2n) is 4.98. The molecule has 0 spiro atoms. The predicted molar refractivity (Wildman–Crippen MR) is 60.7 cm³/mol. The van der Waals surface area contributed by atoms with Gasteiger partial charge in [0.2, 0.25) is 0 Å². The lowest BCUT2D eigenvalue weighted by atomic mass is 9.77. The molecule has 2 fully saturated rings. The SMILES string of the molecule is O=C(O)CC1(N2CCCOC2=O)CCCCC1. The van der Waals surface area contributed by atoms with Gasteiger partial charge in [-0.25, -0.2) is 4.79 Å². The van der Waals surface area contributed by atoms with Gasteiger partial charge in [-0.3, -0.25) is 4.79 Å². The van der Waals surface area contributed by atoms with Crippen LogP contribution in [0.1, 0.15) is 44.9 Å². The monoisotopic (exact) mass is 241 g/mol. The number of carbonyl (C=O) groups excluding carboxylic acids is 1. The predicted octanol–water partition coefficient (Wildman–Crippen LogP) is 2.01. The first kappa shape index (κ1) is 12.2. The lowest BCUT2D eigenvalue weighted by Gasteiger charge is -2.46. The van der Waals surface area contributed by atoms with Crippen LogP contribution in [0.2, 0.25) is 0 Å². The van der Waals surface area contributed by atoms with Gasteiger partial charge in [-0.15, -0.1) is 0 Å². The molecule has 5 heteroatoms. The Kier molecular flexibility index (Phi) is 3.54. The number of hydrogen-bond donors (Lipinski definition) is 1. The van der Waals surface area contributed by atoms with Crippen molar-refractivity contribution in [3.8, 4) is 0 Å². The molecule has 2 rings (SSSR count). The summed E-state index contributed by atoms with van der Waals surface area (Å²) in [5, 5.41) is 9.07. The Labute approximate surface area is 101 Å². The van der Waals surface area contributed by atoms with Crippen LogP contribution in [0.15, 0.2) is 0 Å². The van der Waals surface area contributed by atoms with E-state index >= 15 is 0 Å². The molecule has 1 N–H and O–H groups in total. The molecule has 1 amide bonds. The van der Waals surface area contributed by atoms with E-state index in [1.807, 2.05) is 0 Å². The third kappa shape index (κ3) is 2.53. The maximum absolute atomic E-state index is 11.8. The third-order valence-electron chi connectivity index (χ3n) is 3.81. The van der Waals surface area contributed by atoms with Crippen molar-refractivity contribution < 1.29 is 19.4 Å². The van der Waals surface area contributed by atoms with Crippen LogP contribution in [0.5, 0.6) is 0 Å². The zero-order valence-corrected chi connectivity index (χ0v) is 9.98. The minimum atomic E-state index is -0.828. The average molecular weight is 241 g/mol. The fourth-order valence-electron chi connectivity index (χ4n) is 3.02. The smallest absolute Gasteiger partial charge is 0.410 e. The summed E-state index contributed by atoms with van der Waals surface area (Å²) in [5.74, 6) is -0.828. The topological polar surface area (TPSA) is 66.8 Å². The number of ether oxygens (including phenoxy) is 1. The van der Waals surface area contributed by atoms with Crippen LogP contribution < -0.4 is 0 Å². The summed E-state index contributed by atoms with van der Waals surface area (Å²) >= 11 is 0. The highest BCUT2D eigenvalue weighted by Gasteiger charge is 2.43. The molecule has 1 aliphatic carbocycles. The molecular weight excluding hydrogens is 222 g/mol. The fraction of sp³-hybridized carbons (Fsp3) is 0.833. The average Bonchev–Trinajstić information content (AvgIpc) is 2.29. The van der Waals surface area contributed by atoms with Crippen molar-refractivity contribution >= 4 is 12.1 Å². The Balaban J connectivity index is 2.18. The van der Waals surface area contributed by atoms with Gasteiger partial charge in [0.25, 0.3) is 0 Å². The number of hydrogen-bond acceptors (Lipinski definition) is 3. The molecule has 1 heterocycles. The number of carbonyl (C=O) groups is 2. The number of carboxylic acids is 1. The van der Waals surface area contributed by atoms with Crippen LogP contribution in [-0.2, 0) is 9.53 Å². The summed E-state index contributed by atoms with van der Waals surface area (Å²) < 4.78 is 5.04. The summed E-state index contributed by atoms with van der Waals surface area (Å²) in [5.41, 5.74) is -0.498. The maximum Gasteiger partial charge on any atom is 0.410 e. The first-order valence-corrected chi connectivity index (χ1v) is 6.30. The minimum Gasteiger partial charge on any atom is -0.481 e. The van der Waals surface area contributed by atoms with Crippen molar-refractivity contribution in [1.29, 1.82) is 0 Å². The van der Waals surface area contributed by atoms with E-state index in [0.717, 1.165) is 38.5 Å². The number of nitrogens with zero attached hydrogens (tertiary/aromatic N) is 1. The summed E-state index contributed by atoms with van der Waals surface area (Å²) in [7, 11) is 0. The highest BCUT2D eigenvalue weighted by molar-refractivity contribution is 5.73. The summed E-state index contributed by atoms with van der Waals surface area (Å²) in [6.07, 6.45) is 5.20. The summed E-state index contributed by atoms with van der Waals surface area (Å²) in [6, 6.07) is 0. The molecule has 1 aliphatic heterocycles. The standard InChI is InChI=1S/C12H19NO4/c14-10(15)9-12(5-2-1-3-6-12)13-7-4-8-17-11(13)16/h1-9H2,(H,14,15). The number of carboxylic acid groups (broad SMARTS) is 1. The molecule has 17 heavy (non-hydrogen) atoms. The molecule has 2 aliphatic rings. The molecule has 1 saturated heterocycles. The first-order valence-electron chi connectivity index (χ1n) is 6.30. The van der Waals surface area contributed by atoms with E-state index in [0.29, 0.717) is 13.2 Å². The van der Waals surface area contributed by atoms with E-state index < -0.39 is 11.5 Å². The van der Waals surface area contributed by atoms with Gasteiger partial charge in [0.15, 0.2) is 0 Å². The maximum atomic E-state index is 11.8. The van der Waals surface area contributed by atoms with Crippen LogP contribution in [0.3, 0.4) is 0 Å². The van der Waals surface area contributed by atoms with E-state index in [-0.39, 0.29) is 12.5 Å². The molecule has 0 bridgehead atoms. The molecule has 0 atom stereocenters.